The van der Waals surface area contributed by atoms with Gasteiger partial charge in [0.1, 0.15) is 0 Å². The number of anilines is 1. The number of sulfonamides is 1. The maximum atomic E-state index is 12.9. The number of pyridine rings is 1. The fraction of sp³-hybridized carbons (Fsp3) is 0.0625. The minimum absolute atomic E-state index is 0.0408. The molecule has 0 saturated heterocycles. The molecule has 25 heavy (non-hydrogen) atoms. The van der Waals surface area contributed by atoms with E-state index in [1.807, 2.05) is 0 Å². The molecule has 0 saturated carbocycles. The molecule has 0 fully saturated rings. The molecule has 0 aliphatic rings. The molecule has 2 aromatic carbocycles. The lowest BCUT2D eigenvalue weighted by Gasteiger charge is -2.13. The highest BCUT2D eigenvalue weighted by molar-refractivity contribution is 9.10. The predicted molar refractivity (Wildman–Crippen MR) is 91.7 cm³/mol. The Hall–Kier alpha value is -2.13. The van der Waals surface area contributed by atoms with E-state index < -0.39 is 21.8 Å². The summed E-state index contributed by atoms with van der Waals surface area (Å²) in [5.41, 5.74) is -1.14. The van der Waals surface area contributed by atoms with Crippen molar-refractivity contribution in [1.82, 2.24) is 4.98 Å². The fourth-order valence-electron chi connectivity index (χ4n) is 2.35. The molecule has 3 aromatic rings. The number of nitrogens with zero attached hydrogens (tertiary/aromatic N) is 1. The number of rotatable bonds is 3. The SMILES string of the molecule is O=S(=O)(Nc1cc(Br)cc(C(F)(F)F)c1)c1cccc2cnccc12. The van der Waals surface area contributed by atoms with Crippen molar-refractivity contribution in [3.8, 4) is 0 Å². The third-order valence-electron chi connectivity index (χ3n) is 3.41. The molecule has 0 unspecified atom stereocenters. The van der Waals surface area contributed by atoms with E-state index in [1.54, 1.807) is 12.1 Å². The van der Waals surface area contributed by atoms with E-state index in [4.69, 9.17) is 0 Å². The van der Waals surface area contributed by atoms with E-state index in [1.165, 1.54) is 30.6 Å². The first-order valence-corrected chi connectivity index (χ1v) is 9.18. The van der Waals surface area contributed by atoms with E-state index in [9.17, 15) is 21.6 Å². The monoisotopic (exact) mass is 430 g/mol. The summed E-state index contributed by atoms with van der Waals surface area (Å²) in [6.45, 7) is 0. The Balaban J connectivity index is 2.06. The Morgan fingerprint density at radius 2 is 1.84 bits per heavy atom. The van der Waals surface area contributed by atoms with Gasteiger partial charge in [0.2, 0.25) is 0 Å². The third kappa shape index (κ3) is 3.77. The van der Waals surface area contributed by atoms with E-state index in [-0.39, 0.29) is 15.1 Å². The summed E-state index contributed by atoms with van der Waals surface area (Å²) in [6.07, 6.45) is -1.63. The molecule has 3 rings (SSSR count). The molecule has 0 radical (unpaired) electrons. The second-order valence-electron chi connectivity index (χ2n) is 5.18. The van der Waals surface area contributed by atoms with Crippen LogP contribution in [0.25, 0.3) is 10.8 Å². The van der Waals surface area contributed by atoms with Crippen LogP contribution in [-0.2, 0) is 16.2 Å². The standard InChI is InChI=1S/C16H10BrF3N2O2S/c17-12-6-11(16(18,19)20)7-13(8-12)22-25(23,24)15-3-1-2-10-9-21-5-4-14(10)15/h1-9,22H. The van der Waals surface area contributed by atoms with Crippen LogP contribution in [0.3, 0.4) is 0 Å². The zero-order valence-corrected chi connectivity index (χ0v) is 14.8. The van der Waals surface area contributed by atoms with Crippen molar-refractivity contribution in [3.63, 3.8) is 0 Å². The number of alkyl halides is 3. The summed E-state index contributed by atoms with van der Waals surface area (Å²) < 4.78 is 66.4. The van der Waals surface area contributed by atoms with Crippen LogP contribution in [0.4, 0.5) is 18.9 Å². The lowest BCUT2D eigenvalue weighted by molar-refractivity contribution is -0.137. The van der Waals surface area contributed by atoms with Gasteiger partial charge >= 0.3 is 6.18 Å². The molecule has 1 heterocycles. The van der Waals surface area contributed by atoms with Crippen LogP contribution >= 0.6 is 15.9 Å². The van der Waals surface area contributed by atoms with Gasteiger partial charge in [-0.25, -0.2) is 8.42 Å². The lowest BCUT2D eigenvalue weighted by atomic mass is 10.2. The third-order valence-corrected chi connectivity index (χ3v) is 5.30. The Morgan fingerprint density at radius 3 is 2.56 bits per heavy atom. The Kier molecular flexibility index (Phi) is 4.46. The molecule has 1 N–H and O–H groups in total. The minimum atomic E-state index is -4.59. The highest BCUT2D eigenvalue weighted by atomic mass is 79.9. The normalized spacial score (nSPS) is 12.3. The van der Waals surface area contributed by atoms with Crippen molar-refractivity contribution < 1.29 is 21.6 Å². The quantitative estimate of drug-likeness (QED) is 0.647. The molecule has 0 aliphatic carbocycles. The Labute approximate surface area is 149 Å². The number of hydrogen-bond donors (Lipinski definition) is 1. The van der Waals surface area contributed by atoms with Crippen molar-refractivity contribution in [2.45, 2.75) is 11.1 Å². The topological polar surface area (TPSA) is 59.1 Å². The smallest absolute Gasteiger partial charge is 0.280 e. The largest absolute Gasteiger partial charge is 0.416 e. The molecule has 1 aromatic heterocycles. The van der Waals surface area contributed by atoms with Gasteiger partial charge in [0.25, 0.3) is 10.0 Å². The van der Waals surface area contributed by atoms with Crippen LogP contribution in [0.1, 0.15) is 5.56 Å². The molecule has 0 aliphatic heterocycles. The molecule has 130 valence electrons. The van der Waals surface area contributed by atoms with Gasteiger partial charge in [0, 0.05) is 27.6 Å². The van der Waals surface area contributed by atoms with Gasteiger partial charge in [-0.3, -0.25) is 9.71 Å². The van der Waals surface area contributed by atoms with Crippen LogP contribution in [0.15, 0.2) is 64.2 Å². The molecule has 4 nitrogen and oxygen atoms in total. The number of fused-ring (bicyclic) bond motifs is 1. The van der Waals surface area contributed by atoms with Crippen molar-refractivity contribution in [2.24, 2.45) is 0 Å². The van der Waals surface area contributed by atoms with Crippen LogP contribution < -0.4 is 4.72 Å². The Bertz CT molecular complexity index is 1050. The maximum Gasteiger partial charge on any atom is 0.416 e. The van der Waals surface area contributed by atoms with Gasteiger partial charge in [-0.1, -0.05) is 28.1 Å². The zero-order chi connectivity index (χ0) is 18.2. The van der Waals surface area contributed by atoms with Gasteiger partial charge in [-0.15, -0.1) is 0 Å². The van der Waals surface area contributed by atoms with Crippen LogP contribution in [0.2, 0.25) is 0 Å². The summed E-state index contributed by atoms with van der Waals surface area (Å²) in [6, 6.07) is 9.04. The molecule has 0 amide bonds. The second kappa shape index (κ2) is 6.30. The minimum Gasteiger partial charge on any atom is -0.280 e. The van der Waals surface area contributed by atoms with E-state index in [2.05, 4.69) is 25.6 Å². The molecule has 0 bridgehead atoms. The van der Waals surface area contributed by atoms with Crippen molar-refractivity contribution in [1.29, 1.82) is 0 Å². The van der Waals surface area contributed by atoms with E-state index in [0.717, 1.165) is 12.1 Å². The highest BCUT2D eigenvalue weighted by Crippen LogP contribution is 2.34. The molecule has 0 atom stereocenters. The van der Waals surface area contributed by atoms with E-state index >= 15 is 0 Å². The number of benzene rings is 2. The van der Waals surface area contributed by atoms with Gasteiger partial charge in [-0.05, 0) is 30.3 Å². The van der Waals surface area contributed by atoms with Gasteiger partial charge in [0.05, 0.1) is 16.1 Å². The van der Waals surface area contributed by atoms with E-state index in [0.29, 0.717) is 10.8 Å². The molecule has 0 spiro atoms. The average Bonchev–Trinajstić information content (AvgIpc) is 2.52. The number of hydrogen-bond acceptors (Lipinski definition) is 3. The molecular weight excluding hydrogens is 421 g/mol. The van der Waals surface area contributed by atoms with Gasteiger partial charge in [-0.2, -0.15) is 13.2 Å². The van der Waals surface area contributed by atoms with Crippen LogP contribution in [-0.4, -0.2) is 13.4 Å². The summed E-state index contributed by atoms with van der Waals surface area (Å²) >= 11 is 2.97. The first-order chi connectivity index (χ1) is 11.7. The second-order valence-corrected chi connectivity index (χ2v) is 7.75. The van der Waals surface area contributed by atoms with Crippen molar-refractivity contribution in [2.75, 3.05) is 4.72 Å². The Morgan fingerprint density at radius 1 is 1.08 bits per heavy atom. The maximum absolute atomic E-state index is 12.9. The summed E-state index contributed by atoms with van der Waals surface area (Å²) in [5.74, 6) is 0. The fourth-order valence-corrected chi connectivity index (χ4v) is 4.11. The van der Waals surface area contributed by atoms with Gasteiger partial charge in [0.15, 0.2) is 0 Å². The number of nitrogens with one attached hydrogen (secondary N) is 1. The predicted octanol–water partition coefficient (Wildman–Crippen LogP) is 4.82. The van der Waals surface area contributed by atoms with Crippen molar-refractivity contribution in [3.05, 3.63) is 64.9 Å². The average molecular weight is 431 g/mol. The molecular formula is C16H10BrF3N2O2S. The number of halogens is 4. The van der Waals surface area contributed by atoms with Gasteiger partial charge < -0.3 is 0 Å². The first kappa shape index (κ1) is 17.7. The lowest BCUT2D eigenvalue weighted by Crippen LogP contribution is -2.14. The molecule has 9 heteroatoms. The summed E-state index contributed by atoms with van der Waals surface area (Å²) in [4.78, 5) is 3.88. The highest BCUT2D eigenvalue weighted by Gasteiger charge is 2.31. The first-order valence-electron chi connectivity index (χ1n) is 6.90. The number of aromatic nitrogens is 1. The van der Waals surface area contributed by atoms with Crippen LogP contribution in [0.5, 0.6) is 0 Å². The van der Waals surface area contributed by atoms with Crippen molar-refractivity contribution >= 4 is 42.4 Å². The zero-order valence-electron chi connectivity index (χ0n) is 12.4. The summed E-state index contributed by atoms with van der Waals surface area (Å²) in [5, 5.41) is 1.03. The summed E-state index contributed by atoms with van der Waals surface area (Å²) in [7, 11) is -4.08. The van der Waals surface area contributed by atoms with Crippen LogP contribution in [0, 0.1) is 0 Å².